The molecule has 0 unspecified atom stereocenters. The maximum Gasteiger partial charge on any atom is 0.409 e. The molecule has 0 aliphatic heterocycles. The second kappa shape index (κ2) is 10.3. The maximum atomic E-state index is 12.4. The fraction of sp³-hybridized carbons (Fsp3) is 0.261. The van der Waals surface area contributed by atoms with Gasteiger partial charge in [-0.05, 0) is 30.5 Å². The number of nitrogens with one attached hydrogen (secondary N) is 1. The van der Waals surface area contributed by atoms with Gasteiger partial charge in [0.2, 0.25) is 0 Å². The first kappa shape index (κ1) is 21.9. The number of ether oxygens (including phenoxy) is 1. The molecule has 0 bridgehead atoms. The Bertz CT molecular complexity index is 1010. The predicted molar refractivity (Wildman–Crippen MR) is 114 cm³/mol. The second-order valence-electron chi connectivity index (χ2n) is 7.12. The van der Waals surface area contributed by atoms with Gasteiger partial charge >= 0.3 is 12.1 Å². The van der Waals surface area contributed by atoms with Crippen molar-refractivity contribution >= 4 is 28.9 Å². The molecule has 1 aromatic heterocycles. The number of carbonyl (C=O) groups excluding carboxylic acids is 2. The van der Waals surface area contributed by atoms with Crippen LogP contribution in [0.15, 0.2) is 65.1 Å². The first-order valence-electron chi connectivity index (χ1n) is 9.88. The summed E-state index contributed by atoms with van der Waals surface area (Å²) >= 11 is 0. The quantitative estimate of drug-likeness (QED) is 0.543. The standard InChI is InChI=1S/C23H24N2O6/c1-25(23(29)30-15-16-8-3-2-4-9-16)13-7-11-18(22(27)28)24-21(26)20-14-17-10-5-6-12-19(17)31-20/h2-6,8-10,12,14,18H,7,11,13,15H2,1H3,(H,24,26)(H,27,28)/t18-/m0/s1. The van der Waals surface area contributed by atoms with Gasteiger partial charge in [-0.25, -0.2) is 9.59 Å². The van der Waals surface area contributed by atoms with Crippen molar-refractivity contribution in [3.8, 4) is 0 Å². The summed E-state index contributed by atoms with van der Waals surface area (Å²) in [5.41, 5.74) is 1.43. The summed E-state index contributed by atoms with van der Waals surface area (Å²) in [6, 6.07) is 16.9. The van der Waals surface area contributed by atoms with Gasteiger partial charge in [0.15, 0.2) is 5.76 Å². The van der Waals surface area contributed by atoms with Gasteiger partial charge in [0, 0.05) is 19.0 Å². The molecule has 8 heteroatoms. The van der Waals surface area contributed by atoms with E-state index in [0.717, 1.165) is 10.9 Å². The molecule has 0 saturated carbocycles. The minimum absolute atomic E-state index is 0.0501. The van der Waals surface area contributed by atoms with Crippen LogP contribution in [0.25, 0.3) is 11.0 Å². The fourth-order valence-electron chi connectivity index (χ4n) is 3.03. The zero-order chi connectivity index (χ0) is 22.2. The van der Waals surface area contributed by atoms with E-state index in [2.05, 4.69) is 5.32 Å². The van der Waals surface area contributed by atoms with Crippen LogP contribution < -0.4 is 5.32 Å². The van der Waals surface area contributed by atoms with E-state index < -0.39 is 24.0 Å². The Morgan fingerprint density at radius 3 is 2.52 bits per heavy atom. The second-order valence-corrected chi connectivity index (χ2v) is 7.12. The van der Waals surface area contributed by atoms with Gasteiger partial charge in [0.05, 0.1) is 0 Å². The van der Waals surface area contributed by atoms with Crippen LogP contribution in [0.3, 0.4) is 0 Å². The molecule has 0 aliphatic carbocycles. The molecule has 1 heterocycles. The molecule has 0 spiro atoms. The lowest BCUT2D eigenvalue weighted by Gasteiger charge is -2.19. The summed E-state index contributed by atoms with van der Waals surface area (Å²) in [6.45, 7) is 0.452. The number of rotatable bonds is 9. The van der Waals surface area contributed by atoms with Crippen LogP contribution in [0.4, 0.5) is 4.79 Å². The van der Waals surface area contributed by atoms with Gasteiger partial charge in [-0.15, -0.1) is 0 Å². The fourth-order valence-corrected chi connectivity index (χ4v) is 3.03. The Labute approximate surface area is 179 Å². The number of benzene rings is 2. The summed E-state index contributed by atoms with van der Waals surface area (Å²) in [5, 5.41) is 12.7. The molecule has 3 aromatic rings. The summed E-state index contributed by atoms with van der Waals surface area (Å²) < 4.78 is 10.7. The third-order valence-electron chi connectivity index (χ3n) is 4.76. The first-order valence-corrected chi connectivity index (χ1v) is 9.88. The number of furan rings is 1. The first-order chi connectivity index (χ1) is 14.9. The molecular formula is C23H24N2O6. The van der Waals surface area contributed by atoms with Gasteiger partial charge in [-0.1, -0.05) is 48.5 Å². The summed E-state index contributed by atoms with van der Waals surface area (Å²) in [6.07, 6.45) is 0.0217. The molecule has 1 atom stereocenters. The van der Waals surface area contributed by atoms with Crippen molar-refractivity contribution in [3.05, 3.63) is 72.0 Å². The van der Waals surface area contributed by atoms with E-state index in [9.17, 15) is 19.5 Å². The smallest absolute Gasteiger partial charge is 0.409 e. The van der Waals surface area contributed by atoms with Gasteiger partial charge in [-0.3, -0.25) is 4.79 Å². The van der Waals surface area contributed by atoms with Gasteiger partial charge < -0.3 is 24.5 Å². The van der Waals surface area contributed by atoms with E-state index in [1.54, 1.807) is 31.3 Å². The van der Waals surface area contributed by atoms with Crippen LogP contribution in [-0.4, -0.2) is 47.6 Å². The highest BCUT2D eigenvalue weighted by molar-refractivity contribution is 5.97. The van der Waals surface area contributed by atoms with Crippen LogP contribution in [0.2, 0.25) is 0 Å². The number of nitrogens with zero attached hydrogens (tertiary/aromatic N) is 1. The molecule has 31 heavy (non-hydrogen) atoms. The van der Waals surface area contributed by atoms with Crippen LogP contribution >= 0.6 is 0 Å². The predicted octanol–water partition coefficient (Wildman–Crippen LogP) is 3.66. The normalized spacial score (nSPS) is 11.6. The van der Waals surface area contributed by atoms with Crippen LogP contribution in [0.5, 0.6) is 0 Å². The minimum Gasteiger partial charge on any atom is -0.480 e. The average molecular weight is 424 g/mol. The largest absolute Gasteiger partial charge is 0.480 e. The molecule has 2 aromatic carbocycles. The van der Waals surface area contributed by atoms with Gasteiger partial charge in [0.1, 0.15) is 18.2 Å². The Kier molecular flexibility index (Phi) is 7.26. The Balaban J connectivity index is 1.46. The van der Waals surface area contributed by atoms with Gasteiger partial charge in [-0.2, -0.15) is 0 Å². The van der Waals surface area contributed by atoms with Crippen molar-refractivity contribution in [1.82, 2.24) is 10.2 Å². The van der Waals surface area contributed by atoms with E-state index in [-0.39, 0.29) is 25.3 Å². The number of hydrogen-bond donors (Lipinski definition) is 2. The lowest BCUT2D eigenvalue weighted by atomic mass is 10.1. The molecule has 0 radical (unpaired) electrons. The monoisotopic (exact) mass is 424 g/mol. The average Bonchev–Trinajstić information content (AvgIpc) is 3.21. The van der Waals surface area contributed by atoms with Gasteiger partial charge in [0.25, 0.3) is 5.91 Å². The molecule has 2 N–H and O–H groups in total. The Morgan fingerprint density at radius 2 is 1.81 bits per heavy atom. The van der Waals surface area contributed by atoms with Crippen molar-refractivity contribution in [2.24, 2.45) is 0 Å². The highest BCUT2D eigenvalue weighted by atomic mass is 16.6. The number of amides is 2. The molecule has 0 fully saturated rings. The molecule has 162 valence electrons. The maximum absolute atomic E-state index is 12.4. The summed E-state index contributed by atoms with van der Waals surface area (Å²) in [4.78, 5) is 37.4. The number of carbonyl (C=O) groups is 3. The van der Waals surface area contributed by atoms with Crippen molar-refractivity contribution in [3.63, 3.8) is 0 Å². The van der Waals surface area contributed by atoms with Crippen LogP contribution in [0, 0.1) is 0 Å². The lowest BCUT2D eigenvalue weighted by molar-refractivity contribution is -0.139. The molecule has 3 rings (SSSR count). The van der Waals surface area contributed by atoms with E-state index >= 15 is 0 Å². The van der Waals surface area contributed by atoms with Crippen molar-refractivity contribution in [1.29, 1.82) is 0 Å². The highest BCUT2D eigenvalue weighted by Gasteiger charge is 2.23. The minimum atomic E-state index is -1.15. The number of carboxylic acid groups (broad SMARTS) is 1. The van der Waals surface area contributed by atoms with Crippen LogP contribution in [0.1, 0.15) is 29.0 Å². The molecule has 0 aliphatic rings. The van der Waals surface area contributed by atoms with E-state index in [1.165, 1.54) is 4.90 Å². The molecular weight excluding hydrogens is 400 g/mol. The van der Waals surface area contributed by atoms with E-state index in [1.807, 2.05) is 36.4 Å². The Hall–Kier alpha value is -3.81. The number of fused-ring (bicyclic) bond motifs is 1. The van der Waals surface area contributed by atoms with E-state index in [4.69, 9.17) is 9.15 Å². The zero-order valence-electron chi connectivity index (χ0n) is 17.1. The third kappa shape index (κ3) is 6.08. The number of para-hydroxylation sites is 1. The van der Waals surface area contributed by atoms with Crippen molar-refractivity contribution < 1.29 is 28.6 Å². The SMILES string of the molecule is CN(CCC[C@H](NC(=O)c1cc2ccccc2o1)C(=O)O)C(=O)OCc1ccccc1. The number of aliphatic carboxylic acids is 1. The number of hydrogen-bond acceptors (Lipinski definition) is 5. The Morgan fingerprint density at radius 1 is 1.10 bits per heavy atom. The topological polar surface area (TPSA) is 109 Å². The van der Waals surface area contributed by atoms with E-state index in [0.29, 0.717) is 12.0 Å². The number of carboxylic acids is 1. The van der Waals surface area contributed by atoms with Crippen LogP contribution in [-0.2, 0) is 16.1 Å². The lowest BCUT2D eigenvalue weighted by Crippen LogP contribution is -2.41. The molecule has 8 nitrogen and oxygen atoms in total. The van der Waals surface area contributed by atoms with Crippen molar-refractivity contribution in [2.75, 3.05) is 13.6 Å². The highest BCUT2D eigenvalue weighted by Crippen LogP contribution is 2.19. The summed E-state index contributed by atoms with van der Waals surface area (Å²) in [7, 11) is 1.58. The molecule has 0 saturated heterocycles. The summed E-state index contributed by atoms with van der Waals surface area (Å²) in [5.74, 6) is -1.70. The van der Waals surface area contributed by atoms with Crippen molar-refractivity contribution in [2.45, 2.75) is 25.5 Å². The third-order valence-corrected chi connectivity index (χ3v) is 4.76. The molecule has 2 amide bonds. The zero-order valence-corrected chi connectivity index (χ0v) is 17.1.